The van der Waals surface area contributed by atoms with Crippen molar-refractivity contribution in [1.29, 1.82) is 0 Å². The molecule has 0 saturated carbocycles. The van der Waals surface area contributed by atoms with E-state index in [0.29, 0.717) is 40.7 Å². The zero-order valence-electron chi connectivity index (χ0n) is 25.9. The maximum absolute atomic E-state index is 14.7. The third-order valence-corrected chi connectivity index (χ3v) is 9.50. The molecule has 5 nitrogen and oxygen atoms in total. The molecule has 0 N–H and O–H groups in total. The maximum atomic E-state index is 14.7. The van der Waals surface area contributed by atoms with Gasteiger partial charge in [-0.15, -0.1) is 11.3 Å². The first kappa shape index (κ1) is 32.9. The van der Waals surface area contributed by atoms with E-state index >= 15 is 0 Å². The Morgan fingerprint density at radius 2 is 1.76 bits per heavy atom. The second-order valence-electron chi connectivity index (χ2n) is 12.0. The van der Waals surface area contributed by atoms with E-state index in [1.807, 2.05) is 63.4 Å². The van der Waals surface area contributed by atoms with Gasteiger partial charge in [0.1, 0.15) is 5.01 Å². The molecule has 10 heteroatoms. The fourth-order valence-corrected chi connectivity index (χ4v) is 7.03. The highest BCUT2D eigenvalue weighted by Gasteiger charge is 2.43. The summed E-state index contributed by atoms with van der Waals surface area (Å²) in [5.74, 6) is -2.01. The number of carbonyl (C=O) groups is 1. The standard InChI is InChI=1S/C35H37ClF3N3O2S/c1-5-22-9-7-10-23(6-2)31(22)42-30(17-21(3)4)27(33(43)41-16-8-11-25(19-41)35(37,38)39)18-28(34(42)44)32-40-29(20-45-32)24-12-14-26(36)15-13-24/h7,9-10,12-15,18,20-21,25H,5-6,8,11,16-17,19H2,1-4H3. The largest absolute Gasteiger partial charge is 0.393 e. The van der Waals surface area contributed by atoms with Gasteiger partial charge in [-0.1, -0.05) is 69.6 Å². The van der Waals surface area contributed by atoms with E-state index in [-0.39, 0.29) is 42.0 Å². The van der Waals surface area contributed by atoms with Crippen molar-refractivity contribution < 1.29 is 18.0 Å². The molecule has 1 aliphatic heterocycles. The Kier molecular flexibility index (Phi) is 9.89. The number of aromatic nitrogens is 2. The number of halogens is 4. The lowest BCUT2D eigenvalue weighted by Gasteiger charge is -2.34. The fraction of sp³-hybridized carbons (Fsp3) is 0.400. The van der Waals surface area contributed by atoms with Gasteiger partial charge in [0.25, 0.3) is 11.5 Å². The maximum Gasteiger partial charge on any atom is 0.393 e. The molecule has 0 aliphatic carbocycles. The molecule has 4 aromatic rings. The summed E-state index contributed by atoms with van der Waals surface area (Å²) in [6, 6.07) is 14.7. The summed E-state index contributed by atoms with van der Waals surface area (Å²) in [5.41, 5.74) is 4.83. The Balaban J connectivity index is 1.77. The lowest BCUT2D eigenvalue weighted by atomic mass is 9.94. The van der Waals surface area contributed by atoms with Crippen molar-refractivity contribution in [2.75, 3.05) is 13.1 Å². The summed E-state index contributed by atoms with van der Waals surface area (Å²) in [5, 5.41) is 2.87. The second-order valence-corrected chi connectivity index (χ2v) is 13.3. The Hall–Kier alpha value is -3.43. The van der Waals surface area contributed by atoms with Crippen LogP contribution < -0.4 is 5.56 Å². The highest BCUT2D eigenvalue weighted by Crippen LogP contribution is 2.36. The van der Waals surface area contributed by atoms with E-state index in [1.165, 1.54) is 16.2 Å². The van der Waals surface area contributed by atoms with Gasteiger partial charge >= 0.3 is 6.18 Å². The Morgan fingerprint density at radius 3 is 2.36 bits per heavy atom. The zero-order chi connectivity index (χ0) is 32.5. The minimum atomic E-state index is -4.39. The summed E-state index contributed by atoms with van der Waals surface area (Å²) in [6.45, 7) is 7.87. The van der Waals surface area contributed by atoms with Crippen LogP contribution >= 0.6 is 22.9 Å². The lowest BCUT2D eigenvalue weighted by molar-refractivity contribution is -0.184. The van der Waals surface area contributed by atoms with Crippen LogP contribution in [0.3, 0.4) is 0 Å². The lowest BCUT2D eigenvalue weighted by Crippen LogP contribution is -2.45. The quantitative estimate of drug-likeness (QED) is 0.190. The number of hydrogen-bond donors (Lipinski definition) is 0. The Bertz CT molecular complexity index is 1720. The van der Waals surface area contributed by atoms with Crippen molar-refractivity contribution in [3.63, 3.8) is 0 Å². The van der Waals surface area contributed by atoms with Crippen LogP contribution in [0, 0.1) is 11.8 Å². The van der Waals surface area contributed by atoms with Crippen LogP contribution in [0.1, 0.15) is 67.7 Å². The van der Waals surface area contributed by atoms with Gasteiger partial charge in [-0.25, -0.2) is 4.98 Å². The number of amides is 1. The van der Waals surface area contributed by atoms with Gasteiger partial charge in [0, 0.05) is 34.7 Å². The summed E-state index contributed by atoms with van der Waals surface area (Å²) in [4.78, 5) is 35.1. The first-order chi connectivity index (χ1) is 21.4. The molecule has 1 fully saturated rings. The number of hydrogen-bond acceptors (Lipinski definition) is 4. The molecular weight excluding hydrogens is 619 g/mol. The summed E-state index contributed by atoms with van der Waals surface area (Å²) < 4.78 is 43.0. The van der Waals surface area contributed by atoms with Crippen LogP contribution in [-0.4, -0.2) is 39.6 Å². The minimum absolute atomic E-state index is 0.00674. The predicted octanol–water partition coefficient (Wildman–Crippen LogP) is 9.02. The molecule has 2 aromatic carbocycles. The van der Waals surface area contributed by atoms with Crippen molar-refractivity contribution in [2.45, 2.75) is 66.0 Å². The summed E-state index contributed by atoms with van der Waals surface area (Å²) in [7, 11) is 0. The van der Waals surface area contributed by atoms with Crippen LogP contribution in [0.5, 0.6) is 0 Å². The molecule has 45 heavy (non-hydrogen) atoms. The third-order valence-electron chi connectivity index (χ3n) is 8.37. The van der Waals surface area contributed by atoms with Crippen molar-refractivity contribution in [1.82, 2.24) is 14.5 Å². The van der Waals surface area contributed by atoms with Crippen molar-refractivity contribution in [2.24, 2.45) is 11.8 Å². The van der Waals surface area contributed by atoms with Gasteiger partial charge in [0.05, 0.1) is 28.4 Å². The normalized spacial score (nSPS) is 15.6. The topological polar surface area (TPSA) is 55.2 Å². The molecule has 5 rings (SSSR count). The number of piperidine rings is 1. The number of pyridine rings is 1. The number of para-hydroxylation sites is 1. The molecule has 0 bridgehead atoms. The number of likely N-dealkylation sites (tertiary alicyclic amines) is 1. The van der Waals surface area contributed by atoms with E-state index in [9.17, 15) is 22.8 Å². The average molecular weight is 656 g/mol. The zero-order valence-corrected chi connectivity index (χ0v) is 27.5. The number of rotatable bonds is 8. The summed E-state index contributed by atoms with van der Waals surface area (Å²) in [6.07, 6.45) is -2.44. The first-order valence-corrected chi connectivity index (χ1v) is 16.7. The van der Waals surface area contributed by atoms with Crippen LogP contribution in [-0.2, 0) is 19.3 Å². The number of alkyl halides is 3. The predicted molar refractivity (Wildman–Crippen MR) is 176 cm³/mol. The SMILES string of the molecule is CCc1cccc(CC)c1-n1c(CC(C)C)c(C(=O)N2CCCC(C(F)(F)F)C2)cc(-c2nc(-c3ccc(Cl)cc3)cs2)c1=O. The number of nitrogens with zero attached hydrogens (tertiary/aromatic N) is 3. The molecule has 1 amide bonds. The van der Waals surface area contributed by atoms with Gasteiger partial charge in [-0.2, -0.15) is 13.2 Å². The van der Waals surface area contributed by atoms with Crippen LogP contribution in [0.15, 0.2) is 58.7 Å². The van der Waals surface area contributed by atoms with Gasteiger partial charge in [-0.3, -0.25) is 14.2 Å². The van der Waals surface area contributed by atoms with Crippen molar-refractivity contribution in [3.8, 4) is 27.5 Å². The highest BCUT2D eigenvalue weighted by atomic mass is 35.5. The molecule has 1 aliphatic rings. The second kappa shape index (κ2) is 13.5. The van der Waals surface area contributed by atoms with E-state index in [4.69, 9.17) is 16.6 Å². The molecule has 238 valence electrons. The van der Waals surface area contributed by atoms with Gasteiger partial charge < -0.3 is 4.90 Å². The van der Waals surface area contributed by atoms with E-state index < -0.39 is 24.5 Å². The fourth-order valence-electron chi connectivity index (χ4n) is 6.07. The molecule has 1 unspecified atom stereocenters. The Morgan fingerprint density at radius 1 is 1.09 bits per heavy atom. The molecule has 1 atom stereocenters. The van der Waals surface area contributed by atoms with E-state index in [1.54, 1.807) is 22.8 Å². The van der Waals surface area contributed by atoms with Gasteiger partial charge in [0.2, 0.25) is 0 Å². The minimum Gasteiger partial charge on any atom is -0.338 e. The molecule has 0 spiro atoms. The molecule has 0 radical (unpaired) electrons. The number of benzene rings is 2. The molecular formula is C35H37ClF3N3O2S. The first-order valence-electron chi connectivity index (χ1n) is 15.4. The average Bonchev–Trinajstić information content (AvgIpc) is 3.50. The van der Waals surface area contributed by atoms with Crippen LogP contribution in [0.2, 0.25) is 5.02 Å². The van der Waals surface area contributed by atoms with Crippen molar-refractivity contribution in [3.05, 3.63) is 91.7 Å². The summed E-state index contributed by atoms with van der Waals surface area (Å²) >= 11 is 7.37. The molecule has 1 saturated heterocycles. The smallest absolute Gasteiger partial charge is 0.338 e. The number of thiazole rings is 1. The Labute approximate surface area is 270 Å². The van der Waals surface area contributed by atoms with E-state index in [0.717, 1.165) is 22.4 Å². The number of aryl methyl sites for hydroxylation is 2. The highest BCUT2D eigenvalue weighted by molar-refractivity contribution is 7.13. The van der Waals surface area contributed by atoms with Crippen LogP contribution in [0.4, 0.5) is 13.2 Å². The van der Waals surface area contributed by atoms with Crippen LogP contribution in [0.25, 0.3) is 27.5 Å². The van der Waals surface area contributed by atoms with Gasteiger partial charge in [-0.05, 0) is 67.3 Å². The van der Waals surface area contributed by atoms with E-state index in [2.05, 4.69) is 0 Å². The van der Waals surface area contributed by atoms with Crippen molar-refractivity contribution >= 4 is 28.8 Å². The third kappa shape index (κ3) is 6.89. The molecule has 3 heterocycles. The monoisotopic (exact) mass is 655 g/mol. The molecule has 2 aromatic heterocycles. The number of carbonyl (C=O) groups excluding carboxylic acids is 1. The van der Waals surface area contributed by atoms with Gasteiger partial charge in [0.15, 0.2) is 0 Å².